The van der Waals surface area contributed by atoms with Crippen molar-refractivity contribution in [1.82, 2.24) is 10.4 Å². The van der Waals surface area contributed by atoms with E-state index in [0.29, 0.717) is 17.9 Å². The summed E-state index contributed by atoms with van der Waals surface area (Å²) in [6, 6.07) is 15.1. The van der Waals surface area contributed by atoms with Gasteiger partial charge in [0.1, 0.15) is 0 Å². The largest absolute Gasteiger partial charge is 0.364 e. The molecule has 26 heavy (non-hydrogen) atoms. The molecule has 1 unspecified atom stereocenters. The van der Waals surface area contributed by atoms with Crippen LogP contribution in [0.5, 0.6) is 0 Å². The molecule has 0 radical (unpaired) electrons. The summed E-state index contributed by atoms with van der Waals surface area (Å²) in [5.41, 5.74) is 6.01. The van der Waals surface area contributed by atoms with Gasteiger partial charge in [0.25, 0.3) is 0 Å². The van der Waals surface area contributed by atoms with Crippen molar-refractivity contribution in [2.75, 3.05) is 5.32 Å². The molecule has 1 aliphatic heterocycles. The molecule has 2 amide bonds. The number of carbonyl (C=O) groups excluding carboxylic acids is 1. The van der Waals surface area contributed by atoms with Gasteiger partial charge in [-0.1, -0.05) is 47.5 Å². The molecule has 2 aromatic rings. The number of rotatable bonds is 4. The van der Waals surface area contributed by atoms with Crippen LogP contribution in [0.15, 0.2) is 53.7 Å². The van der Waals surface area contributed by atoms with Crippen LogP contribution in [0.4, 0.5) is 10.5 Å². The normalized spacial score (nSPS) is 18.9. The lowest BCUT2D eigenvalue weighted by Crippen LogP contribution is -2.56. The highest BCUT2D eigenvalue weighted by Gasteiger charge is 2.42. The SMILES string of the molecule is CCC1(C)ON=C(c2cc(C)cc(C)c2)N1NC(=O)Nc1ccccc1. The van der Waals surface area contributed by atoms with Crippen LogP contribution >= 0.6 is 0 Å². The van der Waals surface area contributed by atoms with Crippen molar-refractivity contribution in [3.05, 3.63) is 65.2 Å². The molecule has 2 aromatic carbocycles. The van der Waals surface area contributed by atoms with E-state index in [-0.39, 0.29) is 6.03 Å². The van der Waals surface area contributed by atoms with E-state index in [0.717, 1.165) is 16.7 Å². The number of amidine groups is 1. The highest BCUT2D eigenvalue weighted by molar-refractivity contribution is 6.01. The van der Waals surface area contributed by atoms with Crippen LogP contribution in [0.1, 0.15) is 37.0 Å². The molecule has 136 valence electrons. The molecule has 0 saturated carbocycles. The minimum absolute atomic E-state index is 0.349. The molecule has 0 aliphatic carbocycles. The van der Waals surface area contributed by atoms with Gasteiger partial charge < -0.3 is 10.2 Å². The standard InChI is InChI=1S/C20H24N4O2/c1-5-20(4)24(22-19(25)21-17-9-7-6-8-10-17)18(23-26-20)16-12-14(2)11-15(3)13-16/h6-13H,5H2,1-4H3,(H2,21,22,25). The number of amides is 2. The number of para-hydroxylation sites is 1. The molecule has 0 spiro atoms. The van der Waals surface area contributed by atoms with Crippen molar-refractivity contribution < 1.29 is 9.63 Å². The third kappa shape index (κ3) is 3.64. The predicted octanol–water partition coefficient (Wildman–Crippen LogP) is 4.16. The highest BCUT2D eigenvalue weighted by Crippen LogP contribution is 2.29. The molecule has 6 nitrogen and oxygen atoms in total. The molecule has 1 aliphatic rings. The van der Waals surface area contributed by atoms with E-state index in [1.807, 2.05) is 70.2 Å². The lowest BCUT2D eigenvalue weighted by molar-refractivity contribution is -0.0977. The lowest BCUT2D eigenvalue weighted by Gasteiger charge is -2.33. The van der Waals surface area contributed by atoms with Gasteiger partial charge in [-0.3, -0.25) is 0 Å². The summed E-state index contributed by atoms with van der Waals surface area (Å²) >= 11 is 0. The number of benzene rings is 2. The molecule has 1 atom stereocenters. The summed E-state index contributed by atoms with van der Waals surface area (Å²) in [5, 5.41) is 8.77. The third-order valence-corrected chi connectivity index (χ3v) is 4.39. The lowest BCUT2D eigenvalue weighted by atomic mass is 10.1. The Hall–Kier alpha value is -3.02. The zero-order chi connectivity index (χ0) is 18.7. The van der Waals surface area contributed by atoms with Gasteiger partial charge in [-0.05, 0) is 45.0 Å². The molecule has 6 heteroatoms. The molecule has 0 saturated heterocycles. The van der Waals surface area contributed by atoms with Crippen LogP contribution in [0.25, 0.3) is 0 Å². The summed E-state index contributed by atoms with van der Waals surface area (Å²) in [6.07, 6.45) is 0.649. The Bertz CT molecular complexity index is 815. The number of urea groups is 1. The molecular formula is C20H24N4O2. The Balaban J connectivity index is 1.84. The number of hydrogen-bond acceptors (Lipinski definition) is 4. The summed E-state index contributed by atoms with van der Waals surface area (Å²) in [4.78, 5) is 18.2. The fourth-order valence-electron chi connectivity index (χ4n) is 2.91. The summed E-state index contributed by atoms with van der Waals surface area (Å²) in [6.45, 7) is 7.95. The Labute approximate surface area is 153 Å². The first kappa shape index (κ1) is 17.8. The van der Waals surface area contributed by atoms with E-state index in [1.54, 1.807) is 5.01 Å². The van der Waals surface area contributed by atoms with E-state index >= 15 is 0 Å². The molecule has 0 bridgehead atoms. The van der Waals surface area contributed by atoms with Crippen LogP contribution in [0.2, 0.25) is 0 Å². The number of hydrazine groups is 1. The predicted molar refractivity (Wildman–Crippen MR) is 103 cm³/mol. The van der Waals surface area contributed by atoms with E-state index in [9.17, 15) is 4.79 Å². The number of aryl methyl sites for hydroxylation is 2. The summed E-state index contributed by atoms with van der Waals surface area (Å²) < 4.78 is 0. The Morgan fingerprint density at radius 2 is 1.81 bits per heavy atom. The van der Waals surface area contributed by atoms with E-state index in [1.165, 1.54) is 0 Å². The first-order valence-corrected chi connectivity index (χ1v) is 8.69. The van der Waals surface area contributed by atoms with Crippen molar-refractivity contribution in [1.29, 1.82) is 0 Å². The highest BCUT2D eigenvalue weighted by atomic mass is 16.7. The second kappa shape index (κ2) is 7.07. The molecule has 0 fully saturated rings. The first-order chi connectivity index (χ1) is 12.4. The molecule has 3 rings (SSSR count). The van der Waals surface area contributed by atoms with Crippen molar-refractivity contribution in [2.45, 2.75) is 39.8 Å². The van der Waals surface area contributed by atoms with Crippen LogP contribution in [-0.2, 0) is 4.84 Å². The van der Waals surface area contributed by atoms with E-state index < -0.39 is 5.72 Å². The molecule has 2 N–H and O–H groups in total. The Morgan fingerprint density at radius 3 is 2.42 bits per heavy atom. The Morgan fingerprint density at radius 1 is 1.15 bits per heavy atom. The van der Waals surface area contributed by atoms with Gasteiger partial charge in [0.05, 0.1) is 0 Å². The van der Waals surface area contributed by atoms with Crippen molar-refractivity contribution in [3.63, 3.8) is 0 Å². The van der Waals surface area contributed by atoms with Crippen LogP contribution in [0, 0.1) is 13.8 Å². The van der Waals surface area contributed by atoms with Gasteiger partial charge in [-0.15, -0.1) is 0 Å². The number of nitrogens with zero attached hydrogens (tertiary/aromatic N) is 2. The van der Waals surface area contributed by atoms with Gasteiger partial charge in [0, 0.05) is 17.7 Å². The Kier molecular flexibility index (Phi) is 4.84. The van der Waals surface area contributed by atoms with Crippen LogP contribution < -0.4 is 10.7 Å². The summed E-state index contributed by atoms with van der Waals surface area (Å²) in [5.74, 6) is 0.587. The van der Waals surface area contributed by atoms with Crippen LogP contribution in [-0.4, -0.2) is 22.6 Å². The monoisotopic (exact) mass is 352 g/mol. The number of hydrogen-bond donors (Lipinski definition) is 2. The maximum Gasteiger partial charge on any atom is 0.338 e. The van der Waals surface area contributed by atoms with Gasteiger partial charge in [-0.25, -0.2) is 15.2 Å². The van der Waals surface area contributed by atoms with Gasteiger partial charge in [0.2, 0.25) is 5.72 Å². The van der Waals surface area contributed by atoms with Crippen LogP contribution in [0.3, 0.4) is 0 Å². The first-order valence-electron chi connectivity index (χ1n) is 8.69. The van der Waals surface area contributed by atoms with E-state index in [2.05, 4.69) is 22.0 Å². The van der Waals surface area contributed by atoms with E-state index in [4.69, 9.17) is 4.84 Å². The van der Waals surface area contributed by atoms with Crippen molar-refractivity contribution in [3.8, 4) is 0 Å². The van der Waals surface area contributed by atoms with Gasteiger partial charge in [-0.2, -0.15) is 0 Å². The van der Waals surface area contributed by atoms with Gasteiger partial charge >= 0.3 is 6.03 Å². The topological polar surface area (TPSA) is 66.0 Å². The number of nitrogens with one attached hydrogen (secondary N) is 2. The van der Waals surface area contributed by atoms with Gasteiger partial charge in [0.15, 0.2) is 5.84 Å². The zero-order valence-corrected chi connectivity index (χ0v) is 15.5. The maximum absolute atomic E-state index is 12.5. The second-order valence-corrected chi connectivity index (χ2v) is 6.68. The fourth-order valence-corrected chi connectivity index (χ4v) is 2.91. The number of anilines is 1. The minimum atomic E-state index is -0.749. The quantitative estimate of drug-likeness (QED) is 0.868. The third-order valence-electron chi connectivity index (χ3n) is 4.39. The smallest absolute Gasteiger partial charge is 0.338 e. The molecular weight excluding hydrogens is 328 g/mol. The van der Waals surface area contributed by atoms with Crippen molar-refractivity contribution >= 4 is 17.6 Å². The maximum atomic E-state index is 12.5. The zero-order valence-electron chi connectivity index (χ0n) is 15.5. The minimum Gasteiger partial charge on any atom is -0.364 e. The average Bonchev–Trinajstić information content (AvgIpc) is 2.92. The second-order valence-electron chi connectivity index (χ2n) is 6.68. The average molecular weight is 352 g/mol. The van der Waals surface area contributed by atoms with Crippen molar-refractivity contribution in [2.24, 2.45) is 5.16 Å². The molecule has 0 aromatic heterocycles. The summed E-state index contributed by atoms with van der Waals surface area (Å²) in [7, 11) is 0. The number of carbonyl (C=O) groups is 1. The number of oxime groups is 1. The molecule has 1 heterocycles. The fraction of sp³-hybridized carbons (Fsp3) is 0.300.